The van der Waals surface area contributed by atoms with Gasteiger partial charge in [-0.15, -0.1) is 0 Å². The lowest BCUT2D eigenvalue weighted by atomic mass is 10.1. The molecule has 0 aromatic heterocycles. The number of hydrogen-bond acceptors (Lipinski definition) is 5. The van der Waals surface area contributed by atoms with Crippen molar-refractivity contribution in [3.63, 3.8) is 0 Å². The monoisotopic (exact) mass is 362 g/mol. The molecule has 2 amide bonds. The van der Waals surface area contributed by atoms with Gasteiger partial charge in [-0.25, -0.2) is 9.59 Å². The molecule has 2 rings (SSSR count). The van der Waals surface area contributed by atoms with Gasteiger partial charge in [-0.2, -0.15) is 0 Å². The molecule has 142 valence electrons. The van der Waals surface area contributed by atoms with Crippen molar-refractivity contribution in [2.45, 2.75) is 51.8 Å². The molecule has 0 spiro atoms. The van der Waals surface area contributed by atoms with Crippen molar-refractivity contribution < 1.29 is 23.9 Å². The van der Waals surface area contributed by atoms with Crippen LogP contribution in [0.5, 0.6) is 0 Å². The van der Waals surface area contributed by atoms with Gasteiger partial charge >= 0.3 is 12.1 Å². The lowest BCUT2D eigenvalue weighted by Gasteiger charge is -2.28. The molecule has 1 aliphatic heterocycles. The molecular formula is C19H26N2O5. The molecule has 0 saturated carbocycles. The second kappa shape index (κ2) is 8.21. The van der Waals surface area contributed by atoms with Gasteiger partial charge in [0.05, 0.1) is 12.7 Å². The Kier molecular flexibility index (Phi) is 6.23. The number of carbonyl (C=O) groups is 3. The van der Waals surface area contributed by atoms with Crippen molar-refractivity contribution in [1.29, 1.82) is 0 Å². The largest absolute Gasteiger partial charge is 0.465 e. The van der Waals surface area contributed by atoms with Gasteiger partial charge in [-0.3, -0.25) is 9.69 Å². The van der Waals surface area contributed by atoms with Crippen LogP contribution in [-0.2, 0) is 20.8 Å². The molecule has 7 heteroatoms. The van der Waals surface area contributed by atoms with Gasteiger partial charge in [0, 0.05) is 13.1 Å². The molecule has 26 heavy (non-hydrogen) atoms. The van der Waals surface area contributed by atoms with Crippen LogP contribution in [0.4, 0.5) is 4.79 Å². The number of amides is 2. The summed E-state index contributed by atoms with van der Waals surface area (Å²) in [6, 6.07) is 6.30. The summed E-state index contributed by atoms with van der Waals surface area (Å²) in [5.41, 5.74) is 0.713. The zero-order valence-electron chi connectivity index (χ0n) is 15.7. The van der Waals surface area contributed by atoms with E-state index in [2.05, 4.69) is 10.1 Å². The first kappa shape index (κ1) is 19.8. The zero-order valence-corrected chi connectivity index (χ0v) is 15.7. The lowest BCUT2D eigenvalue weighted by molar-refractivity contribution is -0.125. The van der Waals surface area contributed by atoms with E-state index in [9.17, 15) is 14.4 Å². The van der Waals surface area contributed by atoms with Crippen LogP contribution >= 0.6 is 0 Å². The molecule has 1 unspecified atom stereocenters. The van der Waals surface area contributed by atoms with E-state index in [4.69, 9.17) is 4.74 Å². The fraction of sp³-hybridized carbons (Fsp3) is 0.526. The summed E-state index contributed by atoms with van der Waals surface area (Å²) >= 11 is 0. The average Bonchev–Trinajstić information content (AvgIpc) is 3.08. The highest BCUT2D eigenvalue weighted by Gasteiger charge is 2.36. The normalized spacial score (nSPS) is 16.9. The molecule has 1 heterocycles. The predicted molar refractivity (Wildman–Crippen MR) is 95.6 cm³/mol. The van der Waals surface area contributed by atoms with Gasteiger partial charge < -0.3 is 14.8 Å². The number of likely N-dealkylation sites (tertiary alicyclic amines) is 1. The number of hydrogen-bond donors (Lipinski definition) is 1. The van der Waals surface area contributed by atoms with Crippen LogP contribution in [0.2, 0.25) is 0 Å². The summed E-state index contributed by atoms with van der Waals surface area (Å²) in [5.74, 6) is -0.607. The Hall–Kier alpha value is -2.57. The van der Waals surface area contributed by atoms with Crippen LogP contribution in [0.15, 0.2) is 24.3 Å². The molecular weight excluding hydrogens is 336 g/mol. The predicted octanol–water partition coefficient (Wildman–Crippen LogP) is 2.49. The van der Waals surface area contributed by atoms with Crippen LogP contribution in [0.25, 0.3) is 0 Å². The zero-order chi connectivity index (χ0) is 19.3. The fourth-order valence-electron chi connectivity index (χ4n) is 2.76. The first-order valence-corrected chi connectivity index (χ1v) is 8.66. The first-order valence-electron chi connectivity index (χ1n) is 8.66. The number of carbonyl (C=O) groups excluding carboxylic acids is 3. The summed E-state index contributed by atoms with van der Waals surface area (Å²) in [4.78, 5) is 37.7. The van der Waals surface area contributed by atoms with E-state index in [0.29, 0.717) is 25.1 Å². The SMILES string of the molecule is COC(=O)c1ccc(CNC(=O)C2CCCN2C(=O)OC(C)(C)C)cc1. The Bertz CT molecular complexity index is 664. The number of benzene rings is 1. The molecule has 0 radical (unpaired) electrons. The van der Waals surface area contributed by atoms with E-state index in [1.807, 2.05) is 0 Å². The molecule has 1 saturated heterocycles. The highest BCUT2D eigenvalue weighted by molar-refractivity contribution is 5.89. The molecule has 1 N–H and O–H groups in total. The average molecular weight is 362 g/mol. The number of nitrogens with one attached hydrogen (secondary N) is 1. The molecule has 0 aliphatic carbocycles. The van der Waals surface area contributed by atoms with E-state index in [-0.39, 0.29) is 5.91 Å². The van der Waals surface area contributed by atoms with Gasteiger partial charge in [-0.1, -0.05) is 12.1 Å². The van der Waals surface area contributed by atoms with Gasteiger partial charge in [0.2, 0.25) is 5.91 Å². The summed E-state index contributed by atoms with van der Waals surface area (Å²) in [6.07, 6.45) is 0.926. The van der Waals surface area contributed by atoms with Gasteiger partial charge in [0.1, 0.15) is 11.6 Å². The third kappa shape index (κ3) is 5.21. The number of rotatable bonds is 4. The third-order valence-electron chi connectivity index (χ3n) is 4.03. The van der Waals surface area contributed by atoms with Crippen LogP contribution in [0.1, 0.15) is 49.5 Å². The highest BCUT2D eigenvalue weighted by Crippen LogP contribution is 2.21. The molecule has 1 aromatic rings. The Labute approximate surface area is 153 Å². The Morgan fingerprint density at radius 3 is 2.42 bits per heavy atom. The van der Waals surface area contributed by atoms with E-state index < -0.39 is 23.7 Å². The maximum atomic E-state index is 12.5. The Balaban J connectivity index is 1.92. The second-order valence-corrected chi connectivity index (χ2v) is 7.24. The van der Waals surface area contributed by atoms with Crippen molar-refractivity contribution >= 4 is 18.0 Å². The van der Waals surface area contributed by atoms with Crippen LogP contribution < -0.4 is 5.32 Å². The van der Waals surface area contributed by atoms with Crippen molar-refractivity contribution in [1.82, 2.24) is 10.2 Å². The minimum Gasteiger partial charge on any atom is -0.465 e. The lowest BCUT2D eigenvalue weighted by Crippen LogP contribution is -2.47. The summed E-state index contributed by atoms with van der Waals surface area (Å²) < 4.78 is 10.0. The summed E-state index contributed by atoms with van der Waals surface area (Å²) in [5, 5.41) is 2.85. The molecule has 1 aromatic carbocycles. The molecule has 1 atom stereocenters. The van der Waals surface area contributed by atoms with Crippen molar-refractivity contribution in [2.24, 2.45) is 0 Å². The van der Waals surface area contributed by atoms with E-state index in [1.165, 1.54) is 12.0 Å². The van der Waals surface area contributed by atoms with Gasteiger partial charge in [0.15, 0.2) is 0 Å². The highest BCUT2D eigenvalue weighted by atomic mass is 16.6. The van der Waals surface area contributed by atoms with Gasteiger partial charge in [0.25, 0.3) is 0 Å². The topological polar surface area (TPSA) is 84.9 Å². The Morgan fingerprint density at radius 1 is 1.19 bits per heavy atom. The molecule has 7 nitrogen and oxygen atoms in total. The van der Waals surface area contributed by atoms with Crippen LogP contribution in [-0.4, -0.2) is 48.2 Å². The van der Waals surface area contributed by atoms with Gasteiger partial charge in [-0.05, 0) is 51.3 Å². The first-order chi connectivity index (χ1) is 12.2. The maximum absolute atomic E-state index is 12.5. The van der Waals surface area contributed by atoms with Crippen LogP contribution in [0.3, 0.4) is 0 Å². The maximum Gasteiger partial charge on any atom is 0.410 e. The molecule has 1 aliphatic rings. The Morgan fingerprint density at radius 2 is 1.85 bits per heavy atom. The van der Waals surface area contributed by atoms with Crippen molar-refractivity contribution in [3.8, 4) is 0 Å². The number of ether oxygens (including phenoxy) is 2. The van der Waals surface area contributed by atoms with E-state index in [1.54, 1.807) is 45.0 Å². The number of methoxy groups -OCH3 is 1. The molecule has 0 bridgehead atoms. The van der Waals surface area contributed by atoms with Crippen molar-refractivity contribution in [2.75, 3.05) is 13.7 Å². The number of nitrogens with zero attached hydrogens (tertiary/aromatic N) is 1. The standard InChI is InChI=1S/C19H26N2O5/c1-19(2,3)26-18(24)21-11-5-6-15(21)16(22)20-12-13-7-9-14(10-8-13)17(23)25-4/h7-10,15H,5-6,11-12H2,1-4H3,(H,20,22). The third-order valence-corrected chi connectivity index (χ3v) is 4.03. The smallest absolute Gasteiger partial charge is 0.410 e. The quantitative estimate of drug-likeness (QED) is 0.832. The minimum absolute atomic E-state index is 0.203. The summed E-state index contributed by atoms with van der Waals surface area (Å²) in [7, 11) is 1.33. The minimum atomic E-state index is -0.595. The summed E-state index contributed by atoms with van der Waals surface area (Å²) in [6.45, 7) is 6.23. The van der Waals surface area contributed by atoms with E-state index in [0.717, 1.165) is 12.0 Å². The van der Waals surface area contributed by atoms with Crippen LogP contribution in [0, 0.1) is 0 Å². The number of esters is 1. The molecule has 1 fully saturated rings. The van der Waals surface area contributed by atoms with E-state index >= 15 is 0 Å². The fourth-order valence-corrected chi connectivity index (χ4v) is 2.76. The second-order valence-electron chi connectivity index (χ2n) is 7.24. The van der Waals surface area contributed by atoms with Crippen molar-refractivity contribution in [3.05, 3.63) is 35.4 Å².